The van der Waals surface area contributed by atoms with E-state index >= 15 is 0 Å². The Hall–Kier alpha value is -0.940. The van der Waals surface area contributed by atoms with E-state index in [1.54, 1.807) is 7.11 Å². The Kier molecular flexibility index (Phi) is 5.79. The van der Waals surface area contributed by atoms with E-state index in [1.165, 1.54) is 11.1 Å². The molecule has 0 amide bonds. The van der Waals surface area contributed by atoms with Crippen LogP contribution < -0.4 is 0 Å². The van der Waals surface area contributed by atoms with Crippen LogP contribution in [0.1, 0.15) is 17.2 Å². The first-order valence-corrected chi connectivity index (χ1v) is 6.86. The third kappa shape index (κ3) is 4.01. The van der Waals surface area contributed by atoms with Crippen LogP contribution in [0.4, 0.5) is 0 Å². The highest BCUT2D eigenvalue weighted by Gasteiger charge is 2.22. The van der Waals surface area contributed by atoms with Crippen LogP contribution in [0.5, 0.6) is 0 Å². The van der Waals surface area contributed by atoms with Gasteiger partial charge in [-0.2, -0.15) is 0 Å². The average molecular weight is 265 g/mol. The molecule has 0 saturated carbocycles. The fourth-order valence-corrected chi connectivity index (χ4v) is 2.52. The van der Waals surface area contributed by atoms with Crippen molar-refractivity contribution in [1.82, 2.24) is 4.90 Å². The molecule has 4 heteroatoms. The molecule has 0 spiro atoms. The van der Waals surface area contributed by atoms with Gasteiger partial charge in [-0.3, -0.25) is 4.90 Å². The van der Waals surface area contributed by atoms with Gasteiger partial charge in [-0.1, -0.05) is 24.3 Å². The number of methoxy groups -OCH3 is 1. The van der Waals surface area contributed by atoms with Gasteiger partial charge in [-0.15, -0.1) is 0 Å². The maximum atomic E-state index is 9.14. The lowest BCUT2D eigenvalue weighted by atomic mass is 9.97. The van der Waals surface area contributed by atoms with E-state index in [2.05, 4.69) is 29.2 Å². The zero-order valence-corrected chi connectivity index (χ0v) is 11.5. The molecule has 0 bridgehead atoms. The van der Waals surface area contributed by atoms with Gasteiger partial charge in [0.2, 0.25) is 0 Å². The van der Waals surface area contributed by atoms with Crippen LogP contribution in [0.3, 0.4) is 0 Å². The molecule has 106 valence electrons. The van der Waals surface area contributed by atoms with Crippen LogP contribution in [0.15, 0.2) is 24.3 Å². The summed E-state index contributed by atoms with van der Waals surface area (Å²) >= 11 is 0. The minimum Gasteiger partial charge on any atom is -0.395 e. The summed E-state index contributed by atoms with van der Waals surface area (Å²) in [5.74, 6) is 0. The Bertz CT molecular complexity index is 383. The second kappa shape index (κ2) is 7.60. The largest absolute Gasteiger partial charge is 0.395 e. The van der Waals surface area contributed by atoms with E-state index in [0.717, 1.165) is 26.1 Å². The van der Waals surface area contributed by atoms with Crippen molar-refractivity contribution in [2.45, 2.75) is 12.5 Å². The molecule has 19 heavy (non-hydrogen) atoms. The molecule has 1 heterocycles. The van der Waals surface area contributed by atoms with Crippen molar-refractivity contribution in [1.29, 1.82) is 0 Å². The van der Waals surface area contributed by atoms with Crippen LogP contribution in [0, 0.1) is 0 Å². The molecule has 0 aliphatic carbocycles. The van der Waals surface area contributed by atoms with Gasteiger partial charge in [-0.25, -0.2) is 0 Å². The summed E-state index contributed by atoms with van der Waals surface area (Å²) in [6.07, 6.45) is 1.10. The van der Waals surface area contributed by atoms with Crippen LogP contribution >= 0.6 is 0 Å². The van der Waals surface area contributed by atoms with Gasteiger partial charge in [0.15, 0.2) is 0 Å². The Labute approximate surface area is 114 Å². The van der Waals surface area contributed by atoms with E-state index in [-0.39, 0.29) is 12.7 Å². The second-order valence-corrected chi connectivity index (χ2v) is 4.83. The Morgan fingerprint density at radius 1 is 1.37 bits per heavy atom. The number of aliphatic hydroxyl groups excluding tert-OH is 1. The average Bonchev–Trinajstić information content (AvgIpc) is 2.45. The lowest BCUT2D eigenvalue weighted by molar-refractivity contribution is 0.00765. The molecule has 4 nitrogen and oxygen atoms in total. The standard InChI is InChI=1S/C15H23NO3/c1-18-11-8-16(7-9-17)12-15-14-5-3-2-4-13(14)6-10-19-15/h2-5,15,17H,6-12H2,1H3. The highest BCUT2D eigenvalue weighted by atomic mass is 16.5. The van der Waals surface area contributed by atoms with Crippen molar-refractivity contribution in [2.24, 2.45) is 0 Å². The summed E-state index contributed by atoms with van der Waals surface area (Å²) < 4.78 is 11.0. The Balaban J connectivity index is 2.01. The number of rotatable bonds is 7. The lowest BCUT2D eigenvalue weighted by Gasteiger charge is -2.31. The van der Waals surface area contributed by atoms with Crippen molar-refractivity contribution >= 4 is 0 Å². The molecule has 1 unspecified atom stereocenters. The number of fused-ring (bicyclic) bond motifs is 1. The van der Waals surface area contributed by atoms with E-state index in [9.17, 15) is 0 Å². The van der Waals surface area contributed by atoms with Crippen molar-refractivity contribution in [3.05, 3.63) is 35.4 Å². The van der Waals surface area contributed by atoms with Gasteiger partial charge in [-0.05, 0) is 17.5 Å². The van der Waals surface area contributed by atoms with Gasteiger partial charge in [0, 0.05) is 26.7 Å². The lowest BCUT2D eigenvalue weighted by Crippen LogP contribution is -2.36. The van der Waals surface area contributed by atoms with Gasteiger partial charge >= 0.3 is 0 Å². The fourth-order valence-electron chi connectivity index (χ4n) is 2.52. The first kappa shape index (κ1) is 14.5. The summed E-state index contributed by atoms with van der Waals surface area (Å²) in [6.45, 7) is 3.90. The van der Waals surface area contributed by atoms with Crippen molar-refractivity contribution in [2.75, 3.05) is 46.6 Å². The van der Waals surface area contributed by atoms with Crippen molar-refractivity contribution in [3.63, 3.8) is 0 Å². The fraction of sp³-hybridized carbons (Fsp3) is 0.600. The van der Waals surface area contributed by atoms with Gasteiger partial charge < -0.3 is 14.6 Å². The molecule has 1 atom stereocenters. The summed E-state index contributed by atoms with van der Waals surface area (Å²) in [6, 6.07) is 8.46. The first-order valence-electron chi connectivity index (χ1n) is 6.86. The molecule has 1 aliphatic heterocycles. The quantitative estimate of drug-likeness (QED) is 0.805. The van der Waals surface area contributed by atoms with Crippen LogP contribution in [-0.2, 0) is 15.9 Å². The number of hydrogen-bond acceptors (Lipinski definition) is 4. The SMILES string of the molecule is COCCN(CCO)CC1OCCc2ccccc21. The molecule has 1 aromatic carbocycles. The van der Waals surface area contributed by atoms with Gasteiger partial charge in [0.25, 0.3) is 0 Å². The normalized spacial score (nSPS) is 18.6. The molecule has 2 rings (SSSR count). The molecule has 0 aromatic heterocycles. The molecular formula is C15H23NO3. The van der Waals surface area contributed by atoms with E-state index in [0.29, 0.717) is 13.2 Å². The molecular weight excluding hydrogens is 242 g/mol. The third-order valence-corrected chi connectivity index (χ3v) is 3.54. The molecule has 0 fully saturated rings. The molecule has 1 N–H and O–H groups in total. The highest BCUT2D eigenvalue weighted by molar-refractivity contribution is 5.31. The maximum absolute atomic E-state index is 9.14. The van der Waals surface area contributed by atoms with Crippen LogP contribution in [-0.4, -0.2) is 56.6 Å². The number of aliphatic hydroxyl groups is 1. The molecule has 1 aliphatic rings. The van der Waals surface area contributed by atoms with Crippen LogP contribution in [0.25, 0.3) is 0 Å². The summed E-state index contributed by atoms with van der Waals surface area (Å²) in [4.78, 5) is 2.19. The zero-order valence-electron chi connectivity index (χ0n) is 11.5. The first-order chi connectivity index (χ1) is 9.35. The number of benzene rings is 1. The van der Waals surface area contributed by atoms with E-state index in [1.807, 2.05) is 0 Å². The minimum atomic E-state index is 0.105. The zero-order chi connectivity index (χ0) is 13.5. The third-order valence-electron chi connectivity index (χ3n) is 3.54. The number of ether oxygens (including phenoxy) is 2. The van der Waals surface area contributed by atoms with Crippen molar-refractivity contribution < 1.29 is 14.6 Å². The summed E-state index contributed by atoms with van der Waals surface area (Å²) in [7, 11) is 1.70. The highest BCUT2D eigenvalue weighted by Crippen LogP contribution is 2.27. The topological polar surface area (TPSA) is 41.9 Å². The number of hydrogen-bond donors (Lipinski definition) is 1. The van der Waals surface area contributed by atoms with Gasteiger partial charge in [0.05, 0.1) is 25.9 Å². The Morgan fingerprint density at radius 3 is 3.00 bits per heavy atom. The second-order valence-electron chi connectivity index (χ2n) is 4.83. The maximum Gasteiger partial charge on any atom is 0.0954 e. The predicted molar refractivity (Wildman–Crippen MR) is 74.2 cm³/mol. The van der Waals surface area contributed by atoms with Crippen LogP contribution in [0.2, 0.25) is 0 Å². The van der Waals surface area contributed by atoms with Crippen molar-refractivity contribution in [3.8, 4) is 0 Å². The monoisotopic (exact) mass is 265 g/mol. The Morgan fingerprint density at radius 2 is 2.21 bits per heavy atom. The molecule has 0 radical (unpaired) electrons. The minimum absolute atomic E-state index is 0.105. The predicted octanol–water partition coefficient (Wildman–Crippen LogP) is 1.24. The number of nitrogens with zero attached hydrogens (tertiary/aromatic N) is 1. The molecule has 1 aromatic rings. The van der Waals surface area contributed by atoms with Gasteiger partial charge in [0.1, 0.15) is 0 Å². The summed E-state index contributed by atoms with van der Waals surface area (Å²) in [5.41, 5.74) is 2.67. The summed E-state index contributed by atoms with van der Waals surface area (Å²) in [5, 5.41) is 9.14. The van der Waals surface area contributed by atoms with E-state index < -0.39 is 0 Å². The smallest absolute Gasteiger partial charge is 0.0954 e. The van der Waals surface area contributed by atoms with E-state index in [4.69, 9.17) is 14.6 Å². The molecule has 0 saturated heterocycles.